The number of benzene rings is 7. The molecule has 0 saturated heterocycles. The predicted molar refractivity (Wildman–Crippen MR) is 210 cm³/mol. The smallest absolute Gasteiger partial charge is 0.0464 e. The second kappa shape index (κ2) is 15.4. The highest BCUT2D eigenvalue weighted by molar-refractivity contribution is 5.92. The first kappa shape index (κ1) is 31.2. The van der Waals surface area contributed by atoms with E-state index in [0.29, 0.717) is 0 Å². The lowest BCUT2D eigenvalue weighted by Gasteiger charge is -2.14. The first-order valence-corrected chi connectivity index (χ1v) is 16.7. The fourth-order valence-corrected chi connectivity index (χ4v) is 6.03. The highest BCUT2D eigenvalue weighted by Gasteiger charge is 2.09. The van der Waals surface area contributed by atoms with Crippen molar-refractivity contribution < 1.29 is 0 Å². The van der Waals surface area contributed by atoms with E-state index in [9.17, 15) is 0 Å². The Morgan fingerprint density at radius 2 is 0.857 bits per heavy atom. The predicted octanol–water partition coefficient (Wildman–Crippen LogP) is 12.8. The van der Waals surface area contributed by atoms with E-state index in [2.05, 4.69) is 218 Å². The van der Waals surface area contributed by atoms with Crippen LogP contribution >= 0.6 is 0 Å². The van der Waals surface area contributed by atoms with Crippen molar-refractivity contribution in [3.8, 4) is 11.1 Å². The Bertz CT molecular complexity index is 2100. The average Bonchev–Trinajstić information content (AvgIpc) is 3.18. The van der Waals surface area contributed by atoms with Gasteiger partial charge in [-0.05, 0) is 80.4 Å². The van der Waals surface area contributed by atoms with Crippen LogP contribution in [0.4, 0.5) is 11.4 Å². The number of hydrogen-bond donors (Lipinski definition) is 1. The molecular formula is C48H37N. The van der Waals surface area contributed by atoms with Crippen LogP contribution in [-0.4, -0.2) is 0 Å². The van der Waals surface area contributed by atoms with Crippen LogP contribution in [-0.2, 0) is 0 Å². The van der Waals surface area contributed by atoms with Gasteiger partial charge in [-0.2, -0.15) is 0 Å². The van der Waals surface area contributed by atoms with Gasteiger partial charge in [0.1, 0.15) is 0 Å². The van der Waals surface area contributed by atoms with Crippen molar-refractivity contribution in [3.05, 3.63) is 240 Å². The monoisotopic (exact) mass is 627 g/mol. The van der Waals surface area contributed by atoms with Gasteiger partial charge in [-0.3, -0.25) is 0 Å². The SMILES string of the molecule is C(=Cc1ccc(Nc2ccccc2)c(-c2ccc(C=C(c3ccccc3)c3ccccc3)cc2)c1)C=C(c1ccccc1)c1ccccc1. The van der Waals surface area contributed by atoms with Crippen molar-refractivity contribution in [3.63, 3.8) is 0 Å². The van der Waals surface area contributed by atoms with Gasteiger partial charge in [0.2, 0.25) is 0 Å². The summed E-state index contributed by atoms with van der Waals surface area (Å²) in [5, 5.41) is 3.66. The molecule has 234 valence electrons. The third-order valence-electron chi connectivity index (χ3n) is 8.52. The Labute approximate surface area is 289 Å². The molecule has 0 radical (unpaired) electrons. The summed E-state index contributed by atoms with van der Waals surface area (Å²) in [6.45, 7) is 0. The normalized spacial score (nSPS) is 10.8. The highest BCUT2D eigenvalue weighted by Crippen LogP contribution is 2.33. The zero-order chi connectivity index (χ0) is 33.1. The molecule has 0 aliphatic heterocycles. The number of allylic oxidation sites excluding steroid dienone is 2. The van der Waals surface area contributed by atoms with E-state index in [1.54, 1.807) is 0 Å². The lowest BCUT2D eigenvalue weighted by molar-refractivity contribution is 1.51. The van der Waals surface area contributed by atoms with E-state index >= 15 is 0 Å². The summed E-state index contributed by atoms with van der Waals surface area (Å²) in [4.78, 5) is 0. The first-order valence-electron chi connectivity index (χ1n) is 16.7. The Balaban J connectivity index is 1.24. The molecular weight excluding hydrogens is 591 g/mol. The average molecular weight is 628 g/mol. The topological polar surface area (TPSA) is 12.0 Å². The molecule has 0 aliphatic carbocycles. The molecule has 1 nitrogen and oxygen atoms in total. The molecule has 1 heteroatoms. The summed E-state index contributed by atoms with van der Waals surface area (Å²) < 4.78 is 0. The summed E-state index contributed by atoms with van der Waals surface area (Å²) in [6.07, 6.45) is 8.82. The van der Waals surface area contributed by atoms with Crippen molar-refractivity contribution in [2.45, 2.75) is 0 Å². The number of hydrogen-bond acceptors (Lipinski definition) is 1. The standard InChI is InChI=1S/C48H37N/c1-6-18-39(19-7-1)45(40-20-8-2-9-21-40)28-16-17-37-31-34-48(49-44-26-14-5-15-27-44)47(36-37)43-32-29-38(30-33-43)35-46(41-22-10-3-11-23-41)42-24-12-4-13-25-42/h1-36,49H. The second-order valence-corrected chi connectivity index (χ2v) is 11.9. The molecule has 0 unspecified atom stereocenters. The van der Waals surface area contributed by atoms with E-state index in [-0.39, 0.29) is 0 Å². The van der Waals surface area contributed by atoms with Crippen molar-refractivity contribution in [2.75, 3.05) is 5.32 Å². The van der Waals surface area contributed by atoms with E-state index in [1.165, 1.54) is 33.4 Å². The van der Waals surface area contributed by atoms with Gasteiger partial charge in [-0.1, -0.05) is 188 Å². The van der Waals surface area contributed by atoms with Gasteiger partial charge in [-0.25, -0.2) is 0 Å². The second-order valence-electron chi connectivity index (χ2n) is 11.9. The Hall–Kier alpha value is -6.44. The summed E-state index contributed by atoms with van der Waals surface area (Å²) in [6, 6.07) is 68.2. The van der Waals surface area contributed by atoms with E-state index in [0.717, 1.165) is 33.6 Å². The highest BCUT2D eigenvalue weighted by atomic mass is 14.9. The van der Waals surface area contributed by atoms with Crippen LogP contribution in [0.2, 0.25) is 0 Å². The van der Waals surface area contributed by atoms with Crippen LogP contribution in [0.15, 0.2) is 206 Å². The third kappa shape index (κ3) is 7.93. The summed E-state index contributed by atoms with van der Waals surface area (Å²) in [5.41, 5.74) is 13.9. The molecule has 0 aliphatic rings. The van der Waals surface area contributed by atoms with E-state index < -0.39 is 0 Å². The molecule has 0 spiro atoms. The van der Waals surface area contributed by atoms with Crippen LogP contribution in [0.25, 0.3) is 34.4 Å². The van der Waals surface area contributed by atoms with Crippen molar-refractivity contribution in [1.29, 1.82) is 0 Å². The zero-order valence-electron chi connectivity index (χ0n) is 27.3. The van der Waals surface area contributed by atoms with E-state index in [1.807, 2.05) is 6.07 Å². The minimum atomic E-state index is 1.06. The third-order valence-corrected chi connectivity index (χ3v) is 8.52. The maximum Gasteiger partial charge on any atom is 0.0464 e. The summed E-state index contributed by atoms with van der Waals surface area (Å²) >= 11 is 0. The Kier molecular flexibility index (Phi) is 9.82. The molecule has 0 amide bonds. The van der Waals surface area contributed by atoms with Gasteiger partial charge in [0.05, 0.1) is 0 Å². The fourth-order valence-electron chi connectivity index (χ4n) is 6.03. The Morgan fingerprint density at radius 3 is 1.37 bits per heavy atom. The van der Waals surface area contributed by atoms with Crippen molar-refractivity contribution in [2.24, 2.45) is 0 Å². The number of anilines is 2. The molecule has 0 atom stereocenters. The molecule has 7 aromatic rings. The maximum absolute atomic E-state index is 3.66. The number of para-hydroxylation sites is 1. The Morgan fingerprint density at radius 1 is 0.408 bits per heavy atom. The molecule has 0 heterocycles. The van der Waals surface area contributed by atoms with Crippen LogP contribution in [0.3, 0.4) is 0 Å². The maximum atomic E-state index is 3.66. The fraction of sp³-hybridized carbons (Fsp3) is 0. The largest absolute Gasteiger partial charge is 0.355 e. The van der Waals surface area contributed by atoms with Crippen LogP contribution in [0.1, 0.15) is 33.4 Å². The van der Waals surface area contributed by atoms with Crippen LogP contribution < -0.4 is 5.32 Å². The van der Waals surface area contributed by atoms with E-state index in [4.69, 9.17) is 0 Å². The summed E-state index contributed by atoms with van der Waals surface area (Å²) in [5.74, 6) is 0. The lowest BCUT2D eigenvalue weighted by Crippen LogP contribution is -1.94. The molecule has 0 aromatic heterocycles. The molecule has 0 saturated carbocycles. The molecule has 0 fully saturated rings. The van der Waals surface area contributed by atoms with Crippen LogP contribution in [0, 0.1) is 0 Å². The zero-order valence-corrected chi connectivity index (χ0v) is 27.3. The van der Waals surface area contributed by atoms with Gasteiger partial charge in [0, 0.05) is 16.9 Å². The number of rotatable bonds is 10. The van der Waals surface area contributed by atoms with Gasteiger partial charge in [0.15, 0.2) is 0 Å². The first-order chi connectivity index (χ1) is 24.3. The quantitative estimate of drug-likeness (QED) is 0.117. The molecule has 1 N–H and O–H groups in total. The van der Waals surface area contributed by atoms with Crippen molar-refractivity contribution in [1.82, 2.24) is 0 Å². The lowest BCUT2D eigenvalue weighted by atomic mass is 9.94. The summed E-state index contributed by atoms with van der Waals surface area (Å²) in [7, 11) is 0. The number of nitrogens with one attached hydrogen (secondary N) is 1. The molecule has 7 aromatic carbocycles. The van der Waals surface area contributed by atoms with Gasteiger partial charge < -0.3 is 5.32 Å². The molecule has 49 heavy (non-hydrogen) atoms. The minimum absolute atomic E-state index is 1.06. The van der Waals surface area contributed by atoms with Crippen molar-refractivity contribution >= 4 is 34.7 Å². The van der Waals surface area contributed by atoms with Crippen LogP contribution in [0.5, 0.6) is 0 Å². The van der Waals surface area contributed by atoms with Gasteiger partial charge >= 0.3 is 0 Å². The van der Waals surface area contributed by atoms with Gasteiger partial charge in [-0.15, -0.1) is 0 Å². The minimum Gasteiger partial charge on any atom is -0.355 e. The van der Waals surface area contributed by atoms with Gasteiger partial charge in [0.25, 0.3) is 0 Å². The molecule has 0 bridgehead atoms. The molecule has 7 rings (SSSR count).